The van der Waals surface area contributed by atoms with Crippen LogP contribution >= 0.6 is 0 Å². The minimum atomic E-state index is -2.53. The monoisotopic (exact) mass is 231 g/mol. The average molecular weight is 231 g/mol. The molecular formula is C12H7O3S-. The van der Waals surface area contributed by atoms with Crippen LogP contribution in [0.3, 0.4) is 0 Å². The third-order valence-corrected chi connectivity index (χ3v) is 2.99. The maximum absolute atomic E-state index is 10.5. The summed E-state index contributed by atoms with van der Waals surface area (Å²) < 4.78 is 25.8. The van der Waals surface area contributed by atoms with Crippen molar-refractivity contribution in [1.82, 2.24) is 0 Å². The zero-order valence-electron chi connectivity index (χ0n) is 8.17. The Bertz CT molecular complexity index is 593. The van der Waals surface area contributed by atoms with E-state index < -0.39 is 11.4 Å². The van der Waals surface area contributed by atoms with E-state index in [0.717, 1.165) is 22.3 Å². The van der Waals surface area contributed by atoms with Crippen molar-refractivity contribution in [3.63, 3.8) is 0 Å². The van der Waals surface area contributed by atoms with Crippen LogP contribution in [0.5, 0.6) is 5.75 Å². The van der Waals surface area contributed by atoms with Gasteiger partial charge in [0.05, 0.1) is 0 Å². The molecule has 0 radical (unpaired) electrons. The molecule has 80 valence electrons. The van der Waals surface area contributed by atoms with Gasteiger partial charge in [-0.25, -0.2) is 4.21 Å². The molecule has 1 unspecified atom stereocenters. The molecule has 3 rings (SSSR count). The highest BCUT2D eigenvalue weighted by atomic mass is 32.2. The Balaban J connectivity index is 2.14. The predicted octanol–water partition coefficient (Wildman–Crippen LogP) is 2.51. The van der Waals surface area contributed by atoms with Crippen molar-refractivity contribution in [2.24, 2.45) is 0 Å². The Morgan fingerprint density at radius 3 is 2.38 bits per heavy atom. The third-order valence-electron chi connectivity index (χ3n) is 2.67. The summed E-state index contributed by atoms with van der Waals surface area (Å²) in [5, 5.41) is 0. The van der Waals surface area contributed by atoms with Gasteiger partial charge in [0.25, 0.3) is 0 Å². The maximum Gasteiger partial charge on any atom is 0.147 e. The molecule has 0 spiro atoms. The van der Waals surface area contributed by atoms with Gasteiger partial charge in [0.15, 0.2) is 0 Å². The second-order valence-electron chi connectivity index (χ2n) is 3.51. The fraction of sp³-hybridized carbons (Fsp3) is 0. The first-order valence-electron chi connectivity index (χ1n) is 4.78. The van der Waals surface area contributed by atoms with Gasteiger partial charge < -0.3 is 8.74 Å². The fourth-order valence-corrected chi connectivity index (χ4v) is 2.34. The van der Waals surface area contributed by atoms with Crippen LogP contribution in [-0.4, -0.2) is 8.76 Å². The lowest BCUT2D eigenvalue weighted by molar-refractivity contribution is 0.441. The zero-order chi connectivity index (χ0) is 11.1. The van der Waals surface area contributed by atoms with E-state index in [1.165, 1.54) is 0 Å². The van der Waals surface area contributed by atoms with Crippen molar-refractivity contribution in [3.05, 3.63) is 42.5 Å². The normalized spacial score (nSPS) is 13.3. The van der Waals surface area contributed by atoms with E-state index in [4.69, 9.17) is 4.18 Å². The number of rotatable bonds is 2. The molecule has 2 aromatic carbocycles. The Hall–Kier alpha value is -1.65. The van der Waals surface area contributed by atoms with Gasteiger partial charge in [0.1, 0.15) is 17.1 Å². The molecule has 0 heterocycles. The molecule has 1 aliphatic carbocycles. The highest BCUT2D eigenvalue weighted by Crippen LogP contribution is 2.51. The third kappa shape index (κ3) is 1.27. The number of fused-ring (bicyclic) bond motifs is 4. The SMILES string of the molecule is O=S([O-])Oc1cccc2c1-c1ccccc1-2. The molecule has 16 heavy (non-hydrogen) atoms. The molecule has 3 nitrogen and oxygen atoms in total. The first-order chi connectivity index (χ1) is 7.77. The van der Waals surface area contributed by atoms with Gasteiger partial charge in [0, 0.05) is 5.56 Å². The lowest BCUT2D eigenvalue weighted by atomic mass is 9.80. The van der Waals surface area contributed by atoms with Crippen LogP contribution < -0.4 is 4.18 Å². The van der Waals surface area contributed by atoms with Gasteiger partial charge in [-0.1, -0.05) is 36.4 Å². The van der Waals surface area contributed by atoms with E-state index in [1.807, 2.05) is 30.3 Å². The summed E-state index contributed by atoms with van der Waals surface area (Å²) in [6.45, 7) is 0. The summed E-state index contributed by atoms with van der Waals surface area (Å²) in [7, 11) is 0. The second kappa shape index (κ2) is 3.43. The van der Waals surface area contributed by atoms with Crippen LogP contribution in [0.2, 0.25) is 0 Å². The van der Waals surface area contributed by atoms with Crippen LogP contribution in [0.15, 0.2) is 42.5 Å². The summed E-state index contributed by atoms with van der Waals surface area (Å²) in [5.74, 6) is 0.393. The standard InChI is InChI=1S/C12H8O3S/c13-16(14)15-11-7-3-6-10-8-4-1-2-5-9(8)12(10)11/h1-7H,(H,13,14)/p-1. The highest BCUT2D eigenvalue weighted by molar-refractivity contribution is 7.74. The van der Waals surface area contributed by atoms with Gasteiger partial charge >= 0.3 is 0 Å². The first-order valence-corrected chi connectivity index (χ1v) is 5.78. The summed E-state index contributed by atoms with van der Waals surface area (Å²) >= 11 is -2.53. The van der Waals surface area contributed by atoms with Crippen LogP contribution in [-0.2, 0) is 11.4 Å². The minimum Gasteiger partial charge on any atom is -0.740 e. The zero-order valence-corrected chi connectivity index (χ0v) is 8.99. The molecule has 2 aromatic rings. The van der Waals surface area contributed by atoms with E-state index in [2.05, 4.69) is 0 Å². The van der Waals surface area contributed by atoms with Gasteiger partial charge in [-0.3, -0.25) is 0 Å². The van der Waals surface area contributed by atoms with Crippen molar-refractivity contribution in [1.29, 1.82) is 0 Å². The molecule has 0 amide bonds. The quantitative estimate of drug-likeness (QED) is 0.637. The van der Waals surface area contributed by atoms with Crippen molar-refractivity contribution >= 4 is 11.4 Å². The Morgan fingerprint density at radius 1 is 0.938 bits per heavy atom. The van der Waals surface area contributed by atoms with E-state index >= 15 is 0 Å². The molecule has 1 aliphatic rings. The van der Waals surface area contributed by atoms with Crippen molar-refractivity contribution in [2.45, 2.75) is 0 Å². The van der Waals surface area contributed by atoms with E-state index in [-0.39, 0.29) is 0 Å². The smallest absolute Gasteiger partial charge is 0.147 e. The van der Waals surface area contributed by atoms with Gasteiger partial charge in [-0.05, 0) is 22.8 Å². The molecule has 0 aliphatic heterocycles. The van der Waals surface area contributed by atoms with Gasteiger partial charge in [-0.15, -0.1) is 0 Å². The number of hydrogen-bond donors (Lipinski definition) is 0. The molecule has 0 aromatic heterocycles. The van der Waals surface area contributed by atoms with Crippen molar-refractivity contribution < 1.29 is 12.9 Å². The molecular weight excluding hydrogens is 224 g/mol. The van der Waals surface area contributed by atoms with Gasteiger partial charge in [-0.2, -0.15) is 0 Å². The van der Waals surface area contributed by atoms with Crippen molar-refractivity contribution in [3.8, 4) is 28.0 Å². The second-order valence-corrected chi connectivity index (χ2v) is 4.09. The summed E-state index contributed by atoms with van der Waals surface area (Å²) in [4.78, 5) is 0. The summed E-state index contributed by atoms with van der Waals surface area (Å²) in [6.07, 6.45) is 0. The maximum atomic E-state index is 10.5. The molecule has 0 fully saturated rings. The van der Waals surface area contributed by atoms with Crippen LogP contribution in [0.1, 0.15) is 0 Å². The van der Waals surface area contributed by atoms with Crippen LogP contribution in [0.25, 0.3) is 22.3 Å². The molecule has 0 saturated heterocycles. The topological polar surface area (TPSA) is 49.4 Å². The predicted molar refractivity (Wildman–Crippen MR) is 60.4 cm³/mol. The highest BCUT2D eigenvalue weighted by Gasteiger charge is 2.25. The summed E-state index contributed by atoms with van der Waals surface area (Å²) in [5.41, 5.74) is 4.10. The van der Waals surface area contributed by atoms with Crippen LogP contribution in [0, 0.1) is 0 Å². The van der Waals surface area contributed by atoms with E-state index in [0.29, 0.717) is 5.75 Å². The van der Waals surface area contributed by atoms with E-state index in [1.54, 1.807) is 12.1 Å². The Labute approximate surface area is 95.2 Å². The number of benzene rings is 2. The van der Waals surface area contributed by atoms with Crippen LogP contribution in [0.4, 0.5) is 0 Å². The lowest BCUT2D eigenvalue weighted by Crippen LogP contribution is -2.04. The molecule has 0 saturated carbocycles. The Morgan fingerprint density at radius 2 is 1.62 bits per heavy atom. The molecule has 0 bridgehead atoms. The lowest BCUT2D eigenvalue weighted by Gasteiger charge is -2.26. The minimum absolute atomic E-state index is 0.393. The summed E-state index contributed by atoms with van der Waals surface area (Å²) in [6, 6.07) is 13.3. The Kier molecular flexibility index (Phi) is 2.05. The number of hydrogen-bond acceptors (Lipinski definition) is 3. The largest absolute Gasteiger partial charge is 0.740 e. The molecule has 4 heteroatoms. The molecule has 1 atom stereocenters. The fourth-order valence-electron chi connectivity index (χ4n) is 2.05. The first kappa shape index (κ1) is 9.57. The van der Waals surface area contributed by atoms with Gasteiger partial charge in [0.2, 0.25) is 0 Å². The molecule has 0 N–H and O–H groups in total. The van der Waals surface area contributed by atoms with Crippen molar-refractivity contribution in [2.75, 3.05) is 0 Å². The van der Waals surface area contributed by atoms with E-state index in [9.17, 15) is 8.76 Å². The average Bonchev–Trinajstić information content (AvgIpc) is 2.24.